The van der Waals surface area contributed by atoms with Gasteiger partial charge in [-0.25, -0.2) is 4.39 Å². The Balaban J connectivity index is 2.00. The SMILES string of the molecule is COc1ccc([C@H]2NC(=S)NC(C)=C2C(=O)Nc2ccc(F)cc2)c(I)c1O. The van der Waals surface area contributed by atoms with E-state index in [0.29, 0.717) is 37.0 Å². The number of amides is 1. The number of halogens is 2. The predicted octanol–water partition coefficient (Wildman–Crippen LogP) is 3.58. The van der Waals surface area contributed by atoms with E-state index in [1.807, 2.05) is 22.6 Å². The number of methoxy groups -OCH3 is 1. The molecule has 2 aromatic carbocycles. The molecule has 1 amide bonds. The van der Waals surface area contributed by atoms with Gasteiger partial charge in [0.2, 0.25) is 0 Å². The zero-order valence-corrected chi connectivity index (χ0v) is 17.9. The largest absolute Gasteiger partial charge is 0.504 e. The van der Waals surface area contributed by atoms with Crippen LogP contribution in [0.3, 0.4) is 0 Å². The number of aromatic hydroxyl groups is 1. The molecule has 1 aliphatic rings. The van der Waals surface area contributed by atoms with E-state index in [2.05, 4.69) is 16.0 Å². The summed E-state index contributed by atoms with van der Waals surface area (Å²) in [6.07, 6.45) is 0. The molecule has 0 saturated heterocycles. The maximum Gasteiger partial charge on any atom is 0.255 e. The molecule has 1 atom stereocenters. The molecular formula is C19H17FIN3O3S. The number of phenols is 1. The maximum absolute atomic E-state index is 13.1. The lowest BCUT2D eigenvalue weighted by atomic mass is 9.94. The van der Waals surface area contributed by atoms with Gasteiger partial charge in [0.25, 0.3) is 5.91 Å². The van der Waals surface area contributed by atoms with Crippen LogP contribution in [0.15, 0.2) is 47.7 Å². The second-order valence-electron chi connectivity index (χ2n) is 6.05. The van der Waals surface area contributed by atoms with Crippen LogP contribution in [-0.4, -0.2) is 23.2 Å². The van der Waals surface area contributed by atoms with Crippen molar-refractivity contribution < 1.29 is 19.0 Å². The van der Waals surface area contributed by atoms with Gasteiger partial charge in [-0.05, 0) is 77.6 Å². The van der Waals surface area contributed by atoms with Crippen molar-refractivity contribution in [3.63, 3.8) is 0 Å². The summed E-state index contributed by atoms with van der Waals surface area (Å²) in [6, 6.07) is 8.31. The number of hydrogen-bond donors (Lipinski definition) is 4. The van der Waals surface area contributed by atoms with Crippen LogP contribution >= 0.6 is 34.8 Å². The molecule has 146 valence electrons. The molecule has 6 nitrogen and oxygen atoms in total. The summed E-state index contributed by atoms with van der Waals surface area (Å²) in [5.74, 6) is -0.436. The van der Waals surface area contributed by atoms with Crippen molar-refractivity contribution in [2.45, 2.75) is 13.0 Å². The third-order valence-electron chi connectivity index (χ3n) is 4.26. The quantitative estimate of drug-likeness (QED) is 0.370. The molecule has 0 unspecified atom stereocenters. The zero-order valence-electron chi connectivity index (χ0n) is 15.0. The molecule has 28 heavy (non-hydrogen) atoms. The third kappa shape index (κ3) is 4.04. The lowest BCUT2D eigenvalue weighted by molar-refractivity contribution is -0.113. The first-order valence-corrected chi connectivity index (χ1v) is 9.71. The number of nitrogens with one attached hydrogen (secondary N) is 3. The highest BCUT2D eigenvalue weighted by atomic mass is 127. The van der Waals surface area contributed by atoms with Gasteiger partial charge in [0.1, 0.15) is 5.82 Å². The fraction of sp³-hybridized carbons (Fsp3) is 0.158. The van der Waals surface area contributed by atoms with Crippen molar-refractivity contribution in [3.05, 3.63) is 62.6 Å². The number of rotatable bonds is 4. The molecular weight excluding hydrogens is 496 g/mol. The van der Waals surface area contributed by atoms with E-state index in [1.165, 1.54) is 31.4 Å². The molecule has 9 heteroatoms. The molecule has 3 rings (SSSR count). The zero-order chi connectivity index (χ0) is 20.4. The number of benzene rings is 2. The first-order chi connectivity index (χ1) is 13.3. The molecule has 0 fully saturated rings. The Hall–Kier alpha value is -2.40. The molecule has 0 saturated carbocycles. The molecule has 0 aliphatic carbocycles. The number of allylic oxidation sites excluding steroid dienone is 1. The first-order valence-electron chi connectivity index (χ1n) is 8.22. The van der Waals surface area contributed by atoms with Gasteiger partial charge < -0.3 is 25.8 Å². The van der Waals surface area contributed by atoms with Gasteiger partial charge in [-0.2, -0.15) is 0 Å². The van der Waals surface area contributed by atoms with Gasteiger partial charge in [-0.1, -0.05) is 6.07 Å². The monoisotopic (exact) mass is 513 g/mol. The summed E-state index contributed by atoms with van der Waals surface area (Å²) in [5.41, 5.74) is 2.12. The van der Waals surface area contributed by atoms with Crippen LogP contribution < -0.4 is 20.7 Å². The lowest BCUT2D eigenvalue weighted by Gasteiger charge is -2.31. The molecule has 0 aromatic heterocycles. The standard InChI is InChI=1S/C19H17FIN3O3S/c1-9-14(18(26)23-11-5-3-10(20)4-6-11)16(24-19(28)22-9)12-7-8-13(27-2)17(25)15(12)21/h3-8,16,25H,1-2H3,(H,23,26)(H2,22,24,28)/t16-/m1/s1. The van der Waals surface area contributed by atoms with E-state index < -0.39 is 6.04 Å². The molecule has 0 spiro atoms. The summed E-state index contributed by atoms with van der Waals surface area (Å²) in [4.78, 5) is 13.0. The van der Waals surface area contributed by atoms with Crippen molar-refractivity contribution >= 4 is 51.5 Å². The van der Waals surface area contributed by atoms with E-state index in [9.17, 15) is 14.3 Å². The second-order valence-corrected chi connectivity index (χ2v) is 7.54. The normalized spacial score (nSPS) is 16.3. The van der Waals surface area contributed by atoms with Crippen LogP contribution in [-0.2, 0) is 4.79 Å². The van der Waals surface area contributed by atoms with Crippen molar-refractivity contribution in [2.24, 2.45) is 0 Å². The highest BCUT2D eigenvalue weighted by molar-refractivity contribution is 14.1. The Kier molecular flexibility index (Phi) is 6.04. The Bertz CT molecular complexity index is 979. The Labute approximate surface area is 180 Å². The number of phenolic OH excluding ortho intramolecular Hbond substituents is 1. The van der Waals surface area contributed by atoms with Gasteiger partial charge in [-0.15, -0.1) is 0 Å². The minimum atomic E-state index is -0.585. The van der Waals surface area contributed by atoms with Crippen LogP contribution in [0, 0.1) is 9.39 Å². The van der Waals surface area contributed by atoms with Gasteiger partial charge in [0.15, 0.2) is 16.6 Å². The van der Waals surface area contributed by atoms with Gasteiger partial charge >= 0.3 is 0 Å². The van der Waals surface area contributed by atoms with Crippen LogP contribution in [0.4, 0.5) is 10.1 Å². The van der Waals surface area contributed by atoms with Crippen LogP contribution in [0.5, 0.6) is 11.5 Å². The third-order valence-corrected chi connectivity index (χ3v) is 5.61. The Morgan fingerprint density at radius 1 is 1.29 bits per heavy atom. The van der Waals surface area contributed by atoms with Crippen LogP contribution in [0.25, 0.3) is 0 Å². The van der Waals surface area contributed by atoms with E-state index in [4.69, 9.17) is 17.0 Å². The van der Waals surface area contributed by atoms with Crippen molar-refractivity contribution in [3.8, 4) is 11.5 Å². The van der Waals surface area contributed by atoms with Gasteiger partial charge in [0.05, 0.1) is 22.3 Å². The Morgan fingerprint density at radius 3 is 2.61 bits per heavy atom. The maximum atomic E-state index is 13.1. The van der Waals surface area contributed by atoms with Gasteiger partial charge in [-0.3, -0.25) is 4.79 Å². The average Bonchev–Trinajstić information content (AvgIpc) is 2.65. The number of ether oxygens (including phenoxy) is 1. The topological polar surface area (TPSA) is 82.6 Å². The van der Waals surface area contributed by atoms with Crippen molar-refractivity contribution in [1.29, 1.82) is 0 Å². The first kappa shape index (κ1) is 20.3. The molecule has 1 heterocycles. The molecule has 2 aromatic rings. The summed E-state index contributed by atoms with van der Waals surface area (Å²) in [6.45, 7) is 1.75. The van der Waals surface area contributed by atoms with Crippen LogP contribution in [0.1, 0.15) is 18.5 Å². The lowest BCUT2D eigenvalue weighted by Crippen LogP contribution is -2.46. The molecule has 1 aliphatic heterocycles. The summed E-state index contributed by atoms with van der Waals surface area (Å²) < 4.78 is 18.8. The molecule has 0 radical (unpaired) electrons. The Morgan fingerprint density at radius 2 is 1.96 bits per heavy atom. The van der Waals surface area contributed by atoms with E-state index in [1.54, 1.807) is 19.1 Å². The predicted molar refractivity (Wildman–Crippen MR) is 117 cm³/mol. The minimum absolute atomic E-state index is 0.0113. The summed E-state index contributed by atoms with van der Waals surface area (Å²) in [7, 11) is 1.47. The number of anilines is 1. The van der Waals surface area contributed by atoms with E-state index in [0.717, 1.165) is 0 Å². The fourth-order valence-corrected chi connectivity index (χ4v) is 3.94. The molecule has 4 N–H and O–H groups in total. The van der Waals surface area contributed by atoms with Crippen molar-refractivity contribution in [2.75, 3.05) is 12.4 Å². The van der Waals surface area contributed by atoms with E-state index in [-0.39, 0.29) is 17.5 Å². The average molecular weight is 513 g/mol. The van der Waals surface area contributed by atoms with Crippen molar-refractivity contribution in [1.82, 2.24) is 10.6 Å². The molecule has 0 bridgehead atoms. The van der Waals surface area contributed by atoms with Crippen LogP contribution in [0.2, 0.25) is 0 Å². The highest BCUT2D eigenvalue weighted by Gasteiger charge is 2.32. The fourth-order valence-electron chi connectivity index (χ4n) is 2.91. The highest BCUT2D eigenvalue weighted by Crippen LogP contribution is 2.39. The summed E-state index contributed by atoms with van der Waals surface area (Å²) in [5, 5.41) is 19.5. The smallest absolute Gasteiger partial charge is 0.255 e. The number of carbonyl (C=O) groups excluding carboxylic acids is 1. The number of thiocarbonyl (C=S) groups is 1. The second kappa shape index (κ2) is 8.31. The van der Waals surface area contributed by atoms with Gasteiger partial charge in [0, 0.05) is 11.4 Å². The number of carbonyl (C=O) groups is 1. The van der Waals surface area contributed by atoms with E-state index >= 15 is 0 Å². The number of hydrogen-bond acceptors (Lipinski definition) is 4. The summed E-state index contributed by atoms with van der Waals surface area (Å²) >= 11 is 7.25. The minimum Gasteiger partial charge on any atom is -0.504 e.